The van der Waals surface area contributed by atoms with Crippen LogP contribution in [-0.2, 0) is 25.4 Å². The molecule has 0 saturated heterocycles. The Hall–Kier alpha value is -2.68. The van der Waals surface area contributed by atoms with Gasteiger partial charge in [0.15, 0.2) is 0 Å². The smallest absolute Gasteiger partial charge is 0.331 e. The van der Waals surface area contributed by atoms with E-state index >= 15 is 0 Å². The van der Waals surface area contributed by atoms with Crippen LogP contribution in [-0.4, -0.2) is 31.9 Å². The summed E-state index contributed by atoms with van der Waals surface area (Å²) < 4.78 is 10.8. The minimum absolute atomic E-state index is 0.234. The SMILES string of the molecule is Cn1c(=O)c2c(-c3ccccc3)n3c(c2n(C)c1=O)[C@H](c1nc(Cl)cs1)COCC3. The number of halogens is 1. The van der Waals surface area contributed by atoms with Crippen LogP contribution in [0.1, 0.15) is 16.6 Å². The zero-order chi connectivity index (χ0) is 21.0. The topological polar surface area (TPSA) is 71.0 Å². The number of rotatable bonds is 2. The van der Waals surface area contributed by atoms with E-state index in [0.717, 1.165) is 22.0 Å². The van der Waals surface area contributed by atoms with Crippen molar-refractivity contribution in [2.75, 3.05) is 13.2 Å². The number of hydrogen-bond acceptors (Lipinski definition) is 5. The maximum atomic E-state index is 13.3. The summed E-state index contributed by atoms with van der Waals surface area (Å²) in [6.45, 7) is 1.47. The molecule has 1 aliphatic rings. The van der Waals surface area contributed by atoms with Crippen LogP contribution < -0.4 is 11.2 Å². The van der Waals surface area contributed by atoms with Crippen molar-refractivity contribution in [2.45, 2.75) is 12.5 Å². The van der Waals surface area contributed by atoms with E-state index in [2.05, 4.69) is 9.55 Å². The van der Waals surface area contributed by atoms with Crippen molar-refractivity contribution in [3.05, 3.63) is 72.4 Å². The zero-order valence-corrected chi connectivity index (χ0v) is 18.0. The third-order valence-electron chi connectivity index (χ3n) is 5.62. The third-order valence-corrected chi connectivity index (χ3v) is 6.90. The lowest BCUT2D eigenvalue weighted by atomic mass is 10.1. The number of hydrogen-bond donors (Lipinski definition) is 0. The van der Waals surface area contributed by atoms with E-state index in [1.165, 1.54) is 23.0 Å². The molecule has 0 saturated carbocycles. The zero-order valence-electron chi connectivity index (χ0n) is 16.5. The highest BCUT2D eigenvalue weighted by molar-refractivity contribution is 7.10. The second-order valence-corrected chi connectivity index (χ2v) is 8.59. The van der Waals surface area contributed by atoms with Gasteiger partial charge in [-0.2, -0.15) is 0 Å². The number of ether oxygens (including phenoxy) is 1. The van der Waals surface area contributed by atoms with Gasteiger partial charge in [0.1, 0.15) is 10.2 Å². The number of nitrogens with zero attached hydrogens (tertiary/aromatic N) is 4. The Labute approximate surface area is 180 Å². The summed E-state index contributed by atoms with van der Waals surface area (Å²) in [5.41, 5.74) is 2.55. The van der Waals surface area contributed by atoms with Crippen molar-refractivity contribution >= 4 is 33.8 Å². The molecule has 0 N–H and O–H groups in total. The van der Waals surface area contributed by atoms with Gasteiger partial charge in [-0.15, -0.1) is 11.3 Å². The highest BCUT2D eigenvalue weighted by Crippen LogP contribution is 2.40. The Balaban J connectivity index is 1.98. The molecule has 4 aromatic rings. The molecule has 0 spiro atoms. The van der Waals surface area contributed by atoms with Gasteiger partial charge in [-0.3, -0.25) is 13.9 Å². The highest BCUT2D eigenvalue weighted by Gasteiger charge is 2.33. The summed E-state index contributed by atoms with van der Waals surface area (Å²) in [6, 6.07) is 9.79. The molecule has 0 bridgehead atoms. The van der Waals surface area contributed by atoms with Crippen LogP contribution in [0.15, 0.2) is 45.3 Å². The molecule has 4 heterocycles. The van der Waals surface area contributed by atoms with Crippen LogP contribution in [0.3, 0.4) is 0 Å². The van der Waals surface area contributed by atoms with Crippen molar-refractivity contribution in [1.82, 2.24) is 18.7 Å². The Kier molecular flexibility index (Phi) is 4.65. The molecule has 9 heteroatoms. The summed E-state index contributed by atoms with van der Waals surface area (Å²) in [5, 5.41) is 3.55. The monoisotopic (exact) mass is 442 g/mol. The molecule has 0 amide bonds. The fourth-order valence-electron chi connectivity index (χ4n) is 4.27. The Morgan fingerprint density at radius 1 is 1.17 bits per heavy atom. The fourth-order valence-corrected chi connectivity index (χ4v) is 5.31. The largest absolute Gasteiger partial charge is 0.378 e. The number of fused-ring (bicyclic) bond motifs is 3. The molecule has 7 nitrogen and oxygen atoms in total. The van der Waals surface area contributed by atoms with Gasteiger partial charge in [0.25, 0.3) is 5.56 Å². The van der Waals surface area contributed by atoms with Gasteiger partial charge in [0.05, 0.1) is 41.4 Å². The van der Waals surface area contributed by atoms with E-state index in [9.17, 15) is 9.59 Å². The van der Waals surface area contributed by atoms with Gasteiger partial charge in [0, 0.05) is 26.0 Å². The molecule has 154 valence electrons. The number of aryl methyl sites for hydroxylation is 1. The van der Waals surface area contributed by atoms with Gasteiger partial charge < -0.3 is 9.30 Å². The average Bonchev–Trinajstić information content (AvgIpc) is 3.26. The first-order chi connectivity index (χ1) is 14.5. The van der Waals surface area contributed by atoms with Gasteiger partial charge in [0.2, 0.25) is 0 Å². The van der Waals surface area contributed by atoms with Gasteiger partial charge in [-0.25, -0.2) is 9.78 Å². The molecular formula is C21H19ClN4O3S. The molecule has 1 aromatic carbocycles. The minimum atomic E-state index is -0.360. The Morgan fingerprint density at radius 3 is 2.63 bits per heavy atom. The molecule has 0 fully saturated rings. The molecule has 0 radical (unpaired) electrons. The lowest BCUT2D eigenvalue weighted by molar-refractivity contribution is 0.132. The van der Waals surface area contributed by atoms with Gasteiger partial charge in [-0.1, -0.05) is 41.9 Å². The van der Waals surface area contributed by atoms with Crippen molar-refractivity contribution in [3.63, 3.8) is 0 Å². The van der Waals surface area contributed by atoms with E-state index in [0.29, 0.717) is 35.8 Å². The van der Waals surface area contributed by atoms with Crippen LogP contribution in [0.5, 0.6) is 0 Å². The van der Waals surface area contributed by atoms with Crippen LogP contribution >= 0.6 is 22.9 Å². The van der Waals surface area contributed by atoms with Crippen LogP contribution in [0.2, 0.25) is 5.15 Å². The van der Waals surface area contributed by atoms with Crippen molar-refractivity contribution in [1.29, 1.82) is 0 Å². The van der Waals surface area contributed by atoms with E-state index in [4.69, 9.17) is 16.3 Å². The summed E-state index contributed by atoms with van der Waals surface area (Å²) >= 11 is 7.57. The average molecular weight is 443 g/mol. The fraction of sp³-hybridized carbons (Fsp3) is 0.286. The van der Waals surface area contributed by atoms with E-state index in [-0.39, 0.29) is 17.2 Å². The molecule has 0 aliphatic carbocycles. The summed E-state index contributed by atoms with van der Waals surface area (Å²) in [4.78, 5) is 30.6. The summed E-state index contributed by atoms with van der Waals surface area (Å²) in [7, 11) is 3.22. The van der Waals surface area contributed by atoms with Crippen LogP contribution in [0.4, 0.5) is 0 Å². The van der Waals surface area contributed by atoms with Crippen LogP contribution in [0, 0.1) is 0 Å². The van der Waals surface area contributed by atoms with E-state index in [1.54, 1.807) is 17.0 Å². The number of benzene rings is 1. The number of thiazole rings is 1. The van der Waals surface area contributed by atoms with Crippen molar-refractivity contribution in [2.24, 2.45) is 14.1 Å². The van der Waals surface area contributed by atoms with E-state index < -0.39 is 0 Å². The maximum Gasteiger partial charge on any atom is 0.331 e. The molecule has 1 atom stereocenters. The van der Waals surface area contributed by atoms with E-state index in [1.807, 2.05) is 30.3 Å². The summed E-state index contributed by atoms with van der Waals surface area (Å²) in [5.74, 6) is -0.234. The first-order valence-electron chi connectivity index (χ1n) is 9.55. The lowest BCUT2D eigenvalue weighted by Crippen LogP contribution is -2.37. The standard InChI is InChI=1S/C21H19ClN4O3S/c1-24-18-15(20(27)25(2)21(24)28)16(12-6-4-3-5-7-12)26-8-9-29-10-13(17(18)26)19-23-14(22)11-30-19/h3-7,11,13H,8-10H2,1-2H3/t13-/m1/s1. The summed E-state index contributed by atoms with van der Waals surface area (Å²) in [6.07, 6.45) is 0. The number of aromatic nitrogens is 4. The minimum Gasteiger partial charge on any atom is -0.378 e. The molecule has 0 unspecified atom stereocenters. The van der Waals surface area contributed by atoms with Crippen molar-refractivity contribution < 1.29 is 4.74 Å². The third kappa shape index (κ3) is 2.79. The first kappa shape index (κ1) is 19.3. The lowest BCUT2D eigenvalue weighted by Gasteiger charge is -2.15. The molecule has 1 aliphatic heterocycles. The van der Waals surface area contributed by atoms with Crippen molar-refractivity contribution in [3.8, 4) is 11.3 Å². The predicted molar refractivity (Wildman–Crippen MR) is 118 cm³/mol. The van der Waals surface area contributed by atoms with Gasteiger partial charge in [-0.05, 0) is 5.56 Å². The first-order valence-corrected chi connectivity index (χ1v) is 10.8. The van der Waals surface area contributed by atoms with Crippen LogP contribution in [0.25, 0.3) is 22.2 Å². The Morgan fingerprint density at radius 2 is 1.93 bits per heavy atom. The molecule has 3 aromatic heterocycles. The second-order valence-electron chi connectivity index (χ2n) is 7.32. The molecular weight excluding hydrogens is 424 g/mol. The maximum absolute atomic E-state index is 13.3. The highest BCUT2D eigenvalue weighted by atomic mass is 35.5. The molecule has 30 heavy (non-hydrogen) atoms. The quantitative estimate of drug-likeness (QED) is 0.478. The van der Waals surface area contributed by atoms with Gasteiger partial charge >= 0.3 is 5.69 Å². The normalized spacial score (nSPS) is 16.6. The predicted octanol–water partition coefficient (Wildman–Crippen LogP) is 2.98. The Bertz CT molecular complexity index is 1380. The molecule has 5 rings (SSSR count). The second kappa shape index (κ2) is 7.23.